The molecule has 0 atom stereocenters. The second-order valence-electron chi connectivity index (χ2n) is 5.20. The van der Waals surface area contributed by atoms with Crippen LogP contribution in [0.15, 0.2) is 23.1 Å². The van der Waals surface area contributed by atoms with Gasteiger partial charge in [0, 0.05) is 20.1 Å². The Hall–Kier alpha value is -1.11. The number of methoxy groups -OCH3 is 1. The summed E-state index contributed by atoms with van der Waals surface area (Å²) in [5.74, 6) is 0.790. The zero-order valence-electron chi connectivity index (χ0n) is 12.6. The third-order valence-electron chi connectivity index (χ3n) is 3.17. The number of benzene rings is 1. The summed E-state index contributed by atoms with van der Waals surface area (Å²) in [6.45, 7) is 4.97. The first-order chi connectivity index (χ1) is 9.32. The largest absolute Gasteiger partial charge is 0.495 e. The minimum absolute atomic E-state index is 0.184. The van der Waals surface area contributed by atoms with Crippen LogP contribution in [0.25, 0.3) is 0 Å². The molecule has 6 heteroatoms. The Labute approximate surface area is 121 Å². The number of nitrogens with zero attached hydrogens (tertiary/aromatic N) is 1. The van der Waals surface area contributed by atoms with Crippen molar-refractivity contribution in [3.05, 3.63) is 23.8 Å². The maximum atomic E-state index is 12.5. The summed E-state index contributed by atoms with van der Waals surface area (Å²) >= 11 is 0. The zero-order chi connectivity index (χ0) is 15.3. The van der Waals surface area contributed by atoms with Gasteiger partial charge in [0.2, 0.25) is 10.0 Å². The van der Waals surface area contributed by atoms with Crippen LogP contribution in [0.1, 0.15) is 25.8 Å². The van der Waals surface area contributed by atoms with E-state index in [4.69, 9.17) is 10.5 Å². The maximum absolute atomic E-state index is 12.5. The summed E-state index contributed by atoms with van der Waals surface area (Å²) in [7, 11) is -0.483. The van der Waals surface area contributed by atoms with Gasteiger partial charge in [0.05, 0.1) is 7.11 Å². The highest BCUT2D eigenvalue weighted by molar-refractivity contribution is 7.89. The number of ether oxygens (including phenoxy) is 1. The highest BCUT2D eigenvalue weighted by Crippen LogP contribution is 2.27. The quantitative estimate of drug-likeness (QED) is 0.833. The second kappa shape index (κ2) is 7.06. The van der Waals surface area contributed by atoms with Crippen molar-refractivity contribution < 1.29 is 13.2 Å². The smallest absolute Gasteiger partial charge is 0.246 e. The van der Waals surface area contributed by atoms with Crippen molar-refractivity contribution in [2.45, 2.75) is 31.7 Å². The lowest BCUT2D eigenvalue weighted by Crippen LogP contribution is -2.29. The lowest BCUT2D eigenvalue weighted by atomic mass is 10.1. The van der Waals surface area contributed by atoms with Gasteiger partial charge < -0.3 is 10.5 Å². The van der Waals surface area contributed by atoms with Gasteiger partial charge in [-0.3, -0.25) is 0 Å². The molecule has 1 aromatic rings. The van der Waals surface area contributed by atoms with Crippen molar-refractivity contribution in [1.82, 2.24) is 4.31 Å². The van der Waals surface area contributed by atoms with Crippen molar-refractivity contribution in [2.24, 2.45) is 11.7 Å². The fourth-order valence-corrected chi connectivity index (χ4v) is 3.10. The van der Waals surface area contributed by atoms with Crippen LogP contribution in [-0.4, -0.2) is 33.4 Å². The van der Waals surface area contributed by atoms with Gasteiger partial charge in [-0.15, -0.1) is 0 Å². The molecule has 20 heavy (non-hydrogen) atoms. The van der Waals surface area contributed by atoms with E-state index >= 15 is 0 Å². The van der Waals surface area contributed by atoms with Crippen molar-refractivity contribution >= 4 is 10.0 Å². The Balaban J connectivity index is 3.08. The van der Waals surface area contributed by atoms with Crippen molar-refractivity contribution in [3.8, 4) is 5.75 Å². The molecule has 0 aliphatic heterocycles. The molecule has 0 fully saturated rings. The Bertz CT molecular complexity index is 541. The van der Waals surface area contributed by atoms with E-state index < -0.39 is 10.0 Å². The number of nitrogens with two attached hydrogens (primary N) is 1. The van der Waals surface area contributed by atoms with Crippen LogP contribution < -0.4 is 10.5 Å². The molecule has 114 valence electrons. The monoisotopic (exact) mass is 300 g/mol. The molecule has 0 saturated heterocycles. The summed E-state index contributed by atoms with van der Waals surface area (Å²) in [6.07, 6.45) is 0.818. The molecule has 0 heterocycles. The van der Waals surface area contributed by atoms with E-state index in [9.17, 15) is 8.42 Å². The minimum atomic E-state index is -3.53. The fourth-order valence-electron chi connectivity index (χ4n) is 1.78. The van der Waals surface area contributed by atoms with E-state index in [0.717, 1.165) is 12.0 Å². The van der Waals surface area contributed by atoms with Crippen molar-refractivity contribution in [2.75, 3.05) is 20.7 Å². The van der Waals surface area contributed by atoms with Crippen LogP contribution in [-0.2, 0) is 16.6 Å². The van der Waals surface area contributed by atoms with Crippen LogP contribution in [0.3, 0.4) is 0 Å². The van der Waals surface area contributed by atoms with Gasteiger partial charge in [0.25, 0.3) is 0 Å². The van der Waals surface area contributed by atoms with Crippen LogP contribution in [0, 0.1) is 5.92 Å². The zero-order valence-corrected chi connectivity index (χ0v) is 13.4. The third kappa shape index (κ3) is 3.94. The normalized spacial score (nSPS) is 12.2. The Morgan fingerprint density at radius 1 is 1.35 bits per heavy atom. The average molecular weight is 300 g/mol. The lowest BCUT2D eigenvalue weighted by molar-refractivity contribution is 0.394. The van der Waals surface area contributed by atoms with Gasteiger partial charge in [-0.2, -0.15) is 0 Å². The number of rotatable bonds is 7. The Kier molecular flexibility index (Phi) is 5.98. The molecular weight excluding hydrogens is 276 g/mol. The van der Waals surface area contributed by atoms with E-state index in [-0.39, 0.29) is 4.90 Å². The number of hydrogen-bond acceptors (Lipinski definition) is 4. The Morgan fingerprint density at radius 3 is 2.50 bits per heavy atom. The SMILES string of the molecule is COc1cc(CN)ccc1S(=O)(=O)N(C)CCC(C)C. The van der Waals surface area contributed by atoms with Crippen LogP contribution in [0.2, 0.25) is 0 Å². The maximum Gasteiger partial charge on any atom is 0.246 e. The molecule has 5 nitrogen and oxygen atoms in total. The fraction of sp³-hybridized carbons (Fsp3) is 0.571. The molecule has 0 amide bonds. The van der Waals surface area contributed by atoms with Gasteiger partial charge in [-0.05, 0) is 30.0 Å². The van der Waals surface area contributed by atoms with Crippen LogP contribution >= 0.6 is 0 Å². The van der Waals surface area contributed by atoms with Gasteiger partial charge in [0.1, 0.15) is 10.6 Å². The topological polar surface area (TPSA) is 72.6 Å². The summed E-state index contributed by atoms with van der Waals surface area (Å²) < 4.78 is 31.6. The molecule has 0 saturated carbocycles. The molecule has 0 aliphatic rings. The number of sulfonamides is 1. The molecule has 0 aromatic heterocycles. The summed E-state index contributed by atoms with van der Waals surface area (Å²) in [5.41, 5.74) is 6.40. The van der Waals surface area contributed by atoms with Crippen molar-refractivity contribution in [1.29, 1.82) is 0 Å². The van der Waals surface area contributed by atoms with E-state index in [2.05, 4.69) is 13.8 Å². The first-order valence-electron chi connectivity index (χ1n) is 6.66. The minimum Gasteiger partial charge on any atom is -0.495 e. The van der Waals surface area contributed by atoms with E-state index in [1.165, 1.54) is 11.4 Å². The Morgan fingerprint density at radius 2 is 2.00 bits per heavy atom. The van der Waals surface area contributed by atoms with Gasteiger partial charge in [-0.1, -0.05) is 19.9 Å². The first kappa shape index (κ1) is 16.9. The van der Waals surface area contributed by atoms with Gasteiger partial charge in [0.15, 0.2) is 0 Å². The summed E-state index contributed by atoms with van der Waals surface area (Å²) in [5, 5.41) is 0. The van der Waals surface area contributed by atoms with E-state index in [1.807, 2.05) is 0 Å². The molecule has 0 bridgehead atoms. The molecule has 1 aromatic carbocycles. The lowest BCUT2D eigenvalue weighted by Gasteiger charge is -2.20. The molecule has 0 radical (unpaired) electrons. The van der Waals surface area contributed by atoms with E-state index in [1.54, 1.807) is 25.2 Å². The summed E-state index contributed by atoms with van der Waals surface area (Å²) in [4.78, 5) is 0.184. The molecule has 2 N–H and O–H groups in total. The first-order valence-corrected chi connectivity index (χ1v) is 8.10. The molecule has 0 unspecified atom stereocenters. The molecular formula is C14H24N2O3S. The highest BCUT2D eigenvalue weighted by Gasteiger charge is 2.24. The van der Waals surface area contributed by atoms with Gasteiger partial charge in [-0.25, -0.2) is 12.7 Å². The molecule has 0 aliphatic carbocycles. The average Bonchev–Trinajstić information content (AvgIpc) is 2.43. The standard InChI is InChI=1S/C14H24N2O3S/c1-11(2)7-8-16(3)20(17,18)14-6-5-12(10-15)9-13(14)19-4/h5-6,9,11H,7-8,10,15H2,1-4H3. The third-order valence-corrected chi connectivity index (χ3v) is 5.07. The number of hydrogen-bond donors (Lipinski definition) is 1. The summed E-state index contributed by atoms with van der Waals surface area (Å²) in [6, 6.07) is 4.94. The van der Waals surface area contributed by atoms with Crippen molar-refractivity contribution in [3.63, 3.8) is 0 Å². The van der Waals surface area contributed by atoms with Crippen LogP contribution in [0.4, 0.5) is 0 Å². The van der Waals surface area contributed by atoms with E-state index in [0.29, 0.717) is 24.8 Å². The molecule has 1 rings (SSSR count). The second-order valence-corrected chi connectivity index (χ2v) is 7.21. The van der Waals surface area contributed by atoms with Gasteiger partial charge >= 0.3 is 0 Å². The molecule has 0 spiro atoms. The predicted molar refractivity (Wildman–Crippen MR) is 80.2 cm³/mol. The van der Waals surface area contributed by atoms with Crippen LogP contribution in [0.5, 0.6) is 5.75 Å². The predicted octanol–water partition coefficient (Wildman–Crippen LogP) is 1.82. The highest BCUT2D eigenvalue weighted by atomic mass is 32.2.